The molecule has 0 saturated heterocycles. The smallest absolute Gasteiger partial charge is 0.197 e. The minimum Gasteiger partial charge on any atom is -0.483 e. The van der Waals surface area contributed by atoms with Crippen LogP contribution in [0.1, 0.15) is 0 Å². The summed E-state index contributed by atoms with van der Waals surface area (Å²) in [5.74, 6) is -0.733. The molecule has 1 unspecified atom stereocenters. The van der Waals surface area contributed by atoms with Crippen LogP contribution in [0.15, 0.2) is 17.0 Å². The van der Waals surface area contributed by atoms with Gasteiger partial charge >= 0.3 is 0 Å². The molecule has 2 rings (SSSR count). The molecule has 1 aliphatic heterocycles. The molecule has 87 valence electrons. The molecule has 0 N–H and O–H groups in total. The Morgan fingerprint density at radius 1 is 1.50 bits per heavy atom. The standard InChI is InChI=1S/C10H10FO4S/c1-6-5-14-10-8(11)3-7(16(2,12)13)4-9(10)15-6/h3-4,6H,1,5H2,2H3. The van der Waals surface area contributed by atoms with Crippen molar-refractivity contribution in [2.75, 3.05) is 12.9 Å². The summed E-state index contributed by atoms with van der Waals surface area (Å²) in [4.78, 5) is -0.138. The number of benzene rings is 1. The average Bonchev–Trinajstić information content (AvgIpc) is 2.15. The van der Waals surface area contributed by atoms with Crippen LogP contribution >= 0.6 is 0 Å². The zero-order chi connectivity index (χ0) is 11.9. The maximum atomic E-state index is 13.5. The van der Waals surface area contributed by atoms with E-state index in [0.717, 1.165) is 12.3 Å². The third-order valence-corrected chi connectivity index (χ3v) is 3.21. The van der Waals surface area contributed by atoms with Crippen molar-refractivity contribution >= 4 is 9.84 Å². The van der Waals surface area contributed by atoms with E-state index >= 15 is 0 Å². The molecule has 1 atom stereocenters. The summed E-state index contributed by atoms with van der Waals surface area (Å²) in [6.07, 6.45) is 0.529. The van der Waals surface area contributed by atoms with E-state index in [-0.39, 0.29) is 23.0 Å². The minimum atomic E-state index is -3.47. The molecule has 1 aromatic rings. The first kappa shape index (κ1) is 11.2. The number of fused-ring (bicyclic) bond motifs is 1. The van der Waals surface area contributed by atoms with Crippen molar-refractivity contribution < 1.29 is 22.3 Å². The zero-order valence-electron chi connectivity index (χ0n) is 8.57. The van der Waals surface area contributed by atoms with Gasteiger partial charge in [0.25, 0.3) is 0 Å². The number of hydrogen-bond donors (Lipinski definition) is 0. The van der Waals surface area contributed by atoms with E-state index in [9.17, 15) is 12.8 Å². The lowest BCUT2D eigenvalue weighted by molar-refractivity contribution is 0.115. The molecule has 1 radical (unpaired) electrons. The highest BCUT2D eigenvalue weighted by Gasteiger charge is 2.24. The Hall–Kier alpha value is -1.30. The predicted molar refractivity (Wildman–Crippen MR) is 54.8 cm³/mol. The third kappa shape index (κ3) is 1.97. The molecule has 0 aromatic heterocycles. The van der Waals surface area contributed by atoms with Crippen molar-refractivity contribution in [2.24, 2.45) is 0 Å². The van der Waals surface area contributed by atoms with Crippen LogP contribution in [-0.2, 0) is 9.84 Å². The van der Waals surface area contributed by atoms with Crippen molar-refractivity contribution in [1.82, 2.24) is 0 Å². The van der Waals surface area contributed by atoms with E-state index in [2.05, 4.69) is 6.92 Å². The van der Waals surface area contributed by atoms with Gasteiger partial charge in [-0.2, -0.15) is 0 Å². The fraction of sp³-hybridized carbons (Fsp3) is 0.300. The number of sulfone groups is 1. The van der Waals surface area contributed by atoms with Crippen LogP contribution in [-0.4, -0.2) is 27.4 Å². The summed E-state index contributed by atoms with van der Waals surface area (Å²) >= 11 is 0. The van der Waals surface area contributed by atoms with Crippen molar-refractivity contribution in [1.29, 1.82) is 0 Å². The van der Waals surface area contributed by atoms with Crippen LogP contribution in [0.25, 0.3) is 0 Å². The maximum absolute atomic E-state index is 13.5. The molecule has 0 saturated carbocycles. The fourth-order valence-corrected chi connectivity index (χ4v) is 2.01. The van der Waals surface area contributed by atoms with Gasteiger partial charge in [0.15, 0.2) is 27.2 Å². The molecule has 0 spiro atoms. The molecule has 0 amide bonds. The van der Waals surface area contributed by atoms with Gasteiger partial charge in [0.2, 0.25) is 0 Å². The summed E-state index contributed by atoms with van der Waals surface area (Å²) < 4.78 is 46.3. The molecule has 0 aliphatic carbocycles. The quantitative estimate of drug-likeness (QED) is 0.746. The molecule has 1 aliphatic rings. The first-order valence-electron chi connectivity index (χ1n) is 4.54. The number of ether oxygens (including phenoxy) is 2. The Balaban J connectivity index is 2.56. The Morgan fingerprint density at radius 3 is 2.81 bits per heavy atom. The van der Waals surface area contributed by atoms with Gasteiger partial charge in [-0.05, 0) is 13.0 Å². The Labute approximate surface area is 92.9 Å². The van der Waals surface area contributed by atoms with Gasteiger partial charge in [0.05, 0.1) is 4.90 Å². The molecule has 0 bridgehead atoms. The number of hydrogen-bond acceptors (Lipinski definition) is 4. The highest BCUT2D eigenvalue weighted by molar-refractivity contribution is 7.90. The van der Waals surface area contributed by atoms with Gasteiger partial charge in [-0.1, -0.05) is 0 Å². The molecule has 0 fully saturated rings. The van der Waals surface area contributed by atoms with Gasteiger partial charge in [-0.3, -0.25) is 0 Å². The van der Waals surface area contributed by atoms with Gasteiger partial charge in [-0.15, -0.1) is 0 Å². The Morgan fingerprint density at radius 2 is 2.19 bits per heavy atom. The second-order valence-corrected chi connectivity index (χ2v) is 5.57. The SMILES string of the molecule is [CH2]C1COc2c(F)cc(S(C)(=O)=O)cc2O1. The minimum absolute atomic E-state index is 0.0627. The molecule has 16 heavy (non-hydrogen) atoms. The van der Waals surface area contributed by atoms with Crippen molar-refractivity contribution in [3.63, 3.8) is 0 Å². The van der Waals surface area contributed by atoms with Gasteiger partial charge in [0, 0.05) is 12.3 Å². The number of halogens is 1. The monoisotopic (exact) mass is 245 g/mol. The Kier molecular flexibility index (Phi) is 2.53. The van der Waals surface area contributed by atoms with E-state index in [1.807, 2.05) is 0 Å². The van der Waals surface area contributed by atoms with Gasteiger partial charge in [-0.25, -0.2) is 12.8 Å². The van der Waals surface area contributed by atoms with Crippen LogP contribution in [0.2, 0.25) is 0 Å². The molecule has 1 aromatic carbocycles. The van der Waals surface area contributed by atoms with Crippen molar-refractivity contribution in [3.05, 3.63) is 24.9 Å². The van der Waals surface area contributed by atoms with E-state index in [1.165, 1.54) is 6.07 Å². The fourth-order valence-electron chi connectivity index (χ4n) is 1.38. The van der Waals surface area contributed by atoms with E-state index in [4.69, 9.17) is 9.47 Å². The van der Waals surface area contributed by atoms with E-state index in [1.54, 1.807) is 0 Å². The summed E-state index contributed by atoms with van der Waals surface area (Å²) in [5, 5.41) is 0. The van der Waals surface area contributed by atoms with Crippen LogP contribution in [0, 0.1) is 12.7 Å². The first-order chi connectivity index (χ1) is 7.38. The zero-order valence-corrected chi connectivity index (χ0v) is 9.38. The maximum Gasteiger partial charge on any atom is 0.197 e. The third-order valence-electron chi connectivity index (χ3n) is 2.12. The molecular formula is C10H10FO4S. The molecular weight excluding hydrogens is 235 g/mol. The van der Waals surface area contributed by atoms with Gasteiger partial charge < -0.3 is 9.47 Å². The normalized spacial score (nSPS) is 19.6. The predicted octanol–water partition coefficient (Wildman–Crippen LogP) is 1.20. The largest absolute Gasteiger partial charge is 0.483 e. The van der Waals surface area contributed by atoms with E-state index < -0.39 is 21.8 Å². The highest BCUT2D eigenvalue weighted by Crippen LogP contribution is 2.36. The summed E-state index contributed by atoms with van der Waals surface area (Å²) in [6.45, 7) is 3.74. The van der Waals surface area contributed by atoms with Crippen molar-refractivity contribution in [2.45, 2.75) is 11.0 Å². The second kappa shape index (κ2) is 3.62. The lowest BCUT2D eigenvalue weighted by atomic mass is 10.2. The topological polar surface area (TPSA) is 52.6 Å². The number of rotatable bonds is 1. The molecule has 1 heterocycles. The summed E-state index contributed by atoms with van der Waals surface area (Å²) in [7, 11) is -3.47. The van der Waals surface area contributed by atoms with Crippen LogP contribution in [0.3, 0.4) is 0 Å². The summed E-state index contributed by atoms with van der Waals surface area (Å²) in [6, 6.07) is 2.16. The average molecular weight is 245 g/mol. The molecule has 4 nitrogen and oxygen atoms in total. The van der Waals surface area contributed by atoms with Crippen LogP contribution in [0.5, 0.6) is 11.5 Å². The lowest BCUT2D eigenvalue weighted by Crippen LogP contribution is -2.26. The van der Waals surface area contributed by atoms with Crippen molar-refractivity contribution in [3.8, 4) is 11.5 Å². The second-order valence-electron chi connectivity index (χ2n) is 3.56. The highest BCUT2D eigenvalue weighted by atomic mass is 32.2. The van der Waals surface area contributed by atoms with Gasteiger partial charge in [0.1, 0.15) is 12.7 Å². The van der Waals surface area contributed by atoms with E-state index in [0.29, 0.717) is 0 Å². The first-order valence-corrected chi connectivity index (χ1v) is 6.43. The Bertz CT molecular complexity index is 524. The lowest BCUT2D eigenvalue weighted by Gasteiger charge is -2.24. The summed E-state index contributed by atoms with van der Waals surface area (Å²) in [5.41, 5.74) is 0. The molecule has 6 heteroatoms. The van der Waals surface area contributed by atoms with Crippen LogP contribution in [0.4, 0.5) is 4.39 Å². The van der Waals surface area contributed by atoms with Crippen LogP contribution < -0.4 is 9.47 Å².